The lowest BCUT2D eigenvalue weighted by Crippen LogP contribution is -2.45. The summed E-state index contributed by atoms with van der Waals surface area (Å²) in [6.07, 6.45) is -0.443. The van der Waals surface area contributed by atoms with Gasteiger partial charge in [-0.05, 0) is 39.8 Å². The molecule has 0 bridgehead atoms. The predicted octanol–water partition coefficient (Wildman–Crippen LogP) is 2.86. The van der Waals surface area contributed by atoms with E-state index in [0.29, 0.717) is 17.0 Å². The maximum Gasteiger partial charge on any atom is 0.433 e. The average Bonchev–Trinajstić information content (AvgIpc) is 2.73. The summed E-state index contributed by atoms with van der Waals surface area (Å²) < 4.78 is 10.4. The molecule has 1 aliphatic rings. The second-order valence-corrected chi connectivity index (χ2v) is 6.35. The van der Waals surface area contributed by atoms with Crippen molar-refractivity contribution in [2.24, 2.45) is 5.10 Å². The molecule has 6 heteroatoms. The Morgan fingerprint density at radius 1 is 1.32 bits per heavy atom. The molecule has 0 fully saturated rings. The van der Waals surface area contributed by atoms with Gasteiger partial charge in [0.05, 0.1) is 7.11 Å². The minimum Gasteiger partial charge on any atom is -0.497 e. The summed E-state index contributed by atoms with van der Waals surface area (Å²) >= 11 is 0. The Balaban J connectivity index is 2.32. The van der Waals surface area contributed by atoms with Crippen molar-refractivity contribution in [3.05, 3.63) is 29.8 Å². The van der Waals surface area contributed by atoms with E-state index >= 15 is 0 Å². The first-order chi connectivity index (χ1) is 10.2. The number of nitrogens with zero attached hydrogens (tertiary/aromatic N) is 2. The summed E-state index contributed by atoms with van der Waals surface area (Å²) in [6.45, 7) is 7.07. The second-order valence-electron chi connectivity index (χ2n) is 6.35. The highest BCUT2D eigenvalue weighted by molar-refractivity contribution is 5.87. The van der Waals surface area contributed by atoms with E-state index in [-0.39, 0.29) is 6.42 Å². The summed E-state index contributed by atoms with van der Waals surface area (Å²) in [5.74, 6) is 0.673. The van der Waals surface area contributed by atoms with Gasteiger partial charge in [0.25, 0.3) is 0 Å². The van der Waals surface area contributed by atoms with Crippen molar-refractivity contribution in [1.82, 2.24) is 5.01 Å². The number of carbonyl (C=O) groups is 1. The highest BCUT2D eigenvalue weighted by atomic mass is 16.6. The maximum absolute atomic E-state index is 12.3. The van der Waals surface area contributed by atoms with Gasteiger partial charge in [-0.25, -0.2) is 4.79 Å². The Kier molecular flexibility index (Phi) is 4.15. The van der Waals surface area contributed by atoms with Crippen molar-refractivity contribution in [3.8, 4) is 5.75 Å². The Morgan fingerprint density at radius 2 is 1.91 bits per heavy atom. The molecule has 1 unspecified atom stereocenters. The number of carbonyl (C=O) groups excluding carboxylic acids is 1. The van der Waals surface area contributed by atoms with Crippen molar-refractivity contribution < 1.29 is 19.4 Å². The Morgan fingerprint density at radius 3 is 2.41 bits per heavy atom. The maximum atomic E-state index is 12.3. The Bertz CT molecular complexity index is 589. The molecule has 1 aromatic rings. The van der Waals surface area contributed by atoms with Gasteiger partial charge in [0.15, 0.2) is 5.72 Å². The van der Waals surface area contributed by atoms with Crippen molar-refractivity contribution in [2.45, 2.75) is 45.4 Å². The van der Waals surface area contributed by atoms with E-state index in [9.17, 15) is 9.90 Å². The van der Waals surface area contributed by atoms with Gasteiger partial charge in [-0.15, -0.1) is 0 Å². The van der Waals surface area contributed by atoms with Crippen LogP contribution in [0.2, 0.25) is 0 Å². The zero-order valence-corrected chi connectivity index (χ0v) is 13.6. The van der Waals surface area contributed by atoms with Gasteiger partial charge < -0.3 is 14.6 Å². The molecule has 0 saturated heterocycles. The molecule has 6 nitrogen and oxygen atoms in total. The molecular formula is C16H22N2O4. The van der Waals surface area contributed by atoms with Crippen LogP contribution in [0.4, 0.5) is 4.79 Å². The van der Waals surface area contributed by atoms with E-state index < -0.39 is 17.4 Å². The average molecular weight is 306 g/mol. The van der Waals surface area contributed by atoms with Crippen LogP contribution in [0.3, 0.4) is 0 Å². The minimum absolute atomic E-state index is 0.235. The second kappa shape index (κ2) is 5.61. The number of ether oxygens (including phenoxy) is 2. The van der Waals surface area contributed by atoms with Crippen LogP contribution in [0.15, 0.2) is 29.4 Å². The van der Waals surface area contributed by atoms with E-state index in [1.54, 1.807) is 59.1 Å². The lowest BCUT2D eigenvalue weighted by molar-refractivity contribution is -0.0975. The topological polar surface area (TPSA) is 71.4 Å². The minimum atomic E-state index is -1.54. The largest absolute Gasteiger partial charge is 0.497 e. The van der Waals surface area contributed by atoms with Gasteiger partial charge in [-0.2, -0.15) is 10.1 Å². The number of amides is 1. The van der Waals surface area contributed by atoms with Crippen molar-refractivity contribution in [3.63, 3.8) is 0 Å². The van der Waals surface area contributed by atoms with Gasteiger partial charge in [-0.3, -0.25) is 0 Å². The van der Waals surface area contributed by atoms with Gasteiger partial charge >= 0.3 is 6.09 Å². The van der Waals surface area contributed by atoms with Crippen LogP contribution in [-0.2, 0) is 10.5 Å². The molecule has 0 aromatic heterocycles. The number of rotatable bonds is 2. The zero-order chi connectivity index (χ0) is 16.5. The van der Waals surface area contributed by atoms with E-state index in [1.165, 1.54) is 0 Å². The SMILES string of the molecule is COc1ccc(C2(O)CC(C)=NN2C(=O)OC(C)(C)C)cc1. The molecule has 1 heterocycles. The first-order valence-corrected chi connectivity index (χ1v) is 7.10. The summed E-state index contributed by atoms with van der Waals surface area (Å²) in [4.78, 5) is 12.3. The molecule has 22 heavy (non-hydrogen) atoms. The number of hydrogen-bond acceptors (Lipinski definition) is 5. The summed E-state index contributed by atoms with van der Waals surface area (Å²) in [7, 11) is 1.57. The Hall–Kier alpha value is -2.08. The highest BCUT2D eigenvalue weighted by Gasteiger charge is 2.46. The molecule has 2 rings (SSSR count). The van der Waals surface area contributed by atoms with Crippen LogP contribution in [0, 0.1) is 0 Å². The number of aliphatic hydroxyl groups is 1. The molecule has 0 saturated carbocycles. The van der Waals surface area contributed by atoms with Crippen molar-refractivity contribution in [2.75, 3.05) is 7.11 Å². The molecule has 1 atom stereocenters. The van der Waals surface area contributed by atoms with Crippen LogP contribution in [0.1, 0.15) is 39.7 Å². The van der Waals surface area contributed by atoms with Crippen LogP contribution >= 0.6 is 0 Å². The van der Waals surface area contributed by atoms with E-state index in [1.807, 2.05) is 0 Å². The fourth-order valence-electron chi connectivity index (χ4n) is 2.30. The fourth-order valence-corrected chi connectivity index (χ4v) is 2.30. The third-order valence-electron chi connectivity index (χ3n) is 3.24. The molecule has 1 N–H and O–H groups in total. The standard InChI is InChI=1S/C16H22N2O4/c1-11-10-16(20,12-6-8-13(21-5)9-7-12)18(17-11)14(19)22-15(2,3)4/h6-9,20H,10H2,1-5H3. The summed E-state index contributed by atoms with van der Waals surface area (Å²) in [6, 6.07) is 6.89. The molecular weight excluding hydrogens is 284 g/mol. The van der Waals surface area contributed by atoms with Crippen molar-refractivity contribution in [1.29, 1.82) is 0 Å². The molecule has 120 valence electrons. The number of benzene rings is 1. The first-order valence-electron chi connectivity index (χ1n) is 7.10. The summed E-state index contributed by atoms with van der Waals surface area (Å²) in [5, 5.41) is 16.1. The number of hydrazone groups is 1. The molecule has 1 amide bonds. The van der Waals surface area contributed by atoms with E-state index in [0.717, 1.165) is 5.01 Å². The smallest absolute Gasteiger partial charge is 0.433 e. The highest BCUT2D eigenvalue weighted by Crippen LogP contribution is 2.36. The fraction of sp³-hybridized carbons (Fsp3) is 0.500. The van der Waals surface area contributed by atoms with Crippen LogP contribution < -0.4 is 4.74 Å². The van der Waals surface area contributed by atoms with Gasteiger partial charge in [-0.1, -0.05) is 12.1 Å². The lowest BCUT2D eigenvalue weighted by atomic mass is 9.98. The van der Waals surface area contributed by atoms with Crippen LogP contribution in [0.25, 0.3) is 0 Å². The molecule has 0 radical (unpaired) electrons. The van der Waals surface area contributed by atoms with Crippen LogP contribution in [-0.4, -0.2) is 34.6 Å². The third kappa shape index (κ3) is 3.22. The zero-order valence-electron chi connectivity index (χ0n) is 13.6. The van der Waals surface area contributed by atoms with Gasteiger partial charge in [0.2, 0.25) is 0 Å². The predicted molar refractivity (Wildman–Crippen MR) is 82.7 cm³/mol. The normalized spacial score (nSPS) is 21.5. The van der Waals surface area contributed by atoms with Crippen LogP contribution in [0.5, 0.6) is 5.75 Å². The van der Waals surface area contributed by atoms with E-state index in [2.05, 4.69) is 5.10 Å². The van der Waals surface area contributed by atoms with Gasteiger partial charge in [0, 0.05) is 17.7 Å². The van der Waals surface area contributed by atoms with E-state index in [4.69, 9.17) is 9.47 Å². The molecule has 1 aromatic carbocycles. The Labute approximate surface area is 130 Å². The molecule has 0 spiro atoms. The molecule has 1 aliphatic heterocycles. The number of hydrogen-bond donors (Lipinski definition) is 1. The lowest BCUT2D eigenvalue weighted by Gasteiger charge is -2.32. The monoisotopic (exact) mass is 306 g/mol. The van der Waals surface area contributed by atoms with Gasteiger partial charge in [0.1, 0.15) is 11.4 Å². The third-order valence-corrected chi connectivity index (χ3v) is 3.24. The molecule has 0 aliphatic carbocycles. The quantitative estimate of drug-likeness (QED) is 0.912. The summed E-state index contributed by atoms with van der Waals surface area (Å²) in [5.41, 5.74) is -0.994. The first kappa shape index (κ1) is 16.3. The number of methoxy groups -OCH3 is 1. The van der Waals surface area contributed by atoms with Crippen molar-refractivity contribution >= 4 is 11.8 Å².